The number of carbonyl (C=O) groups excluding carboxylic acids is 1. The van der Waals surface area contributed by atoms with E-state index >= 15 is 0 Å². The molecule has 1 aliphatic heterocycles. The van der Waals surface area contributed by atoms with E-state index in [1.807, 2.05) is 38.4 Å². The molecule has 0 saturated carbocycles. The van der Waals surface area contributed by atoms with Crippen molar-refractivity contribution in [2.24, 2.45) is 0 Å². The number of ether oxygens (including phenoxy) is 2. The van der Waals surface area contributed by atoms with Gasteiger partial charge in [0, 0.05) is 13.2 Å². The van der Waals surface area contributed by atoms with Gasteiger partial charge in [-0.15, -0.1) is 0 Å². The quantitative estimate of drug-likeness (QED) is 0.865. The Kier molecular flexibility index (Phi) is 5.59. The van der Waals surface area contributed by atoms with Gasteiger partial charge in [0.25, 0.3) is 0 Å². The Balaban J connectivity index is 1.99. The Morgan fingerprint density at radius 2 is 2.33 bits per heavy atom. The number of likely N-dealkylation sites (N-methyl/N-ethyl adjacent to an activating group) is 1. The molecule has 1 aromatic rings. The van der Waals surface area contributed by atoms with Gasteiger partial charge in [-0.05, 0) is 44.6 Å². The second kappa shape index (κ2) is 7.43. The molecule has 1 aliphatic rings. The number of amides is 1. The second-order valence-electron chi connectivity index (χ2n) is 5.50. The lowest BCUT2D eigenvalue weighted by molar-refractivity contribution is -0.130. The largest absolute Gasteiger partial charge is 0.497 e. The molecule has 1 fully saturated rings. The van der Waals surface area contributed by atoms with Crippen LogP contribution in [0.5, 0.6) is 5.75 Å². The maximum absolute atomic E-state index is 12.0. The monoisotopic (exact) mass is 292 g/mol. The normalized spacial score (nSPS) is 19.5. The lowest BCUT2D eigenvalue weighted by Gasteiger charge is -2.26. The third-order valence-corrected chi connectivity index (χ3v) is 3.79. The number of rotatable bonds is 6. The fourth-order valence-corrected chi connectivity index (χ4v) is 2.54. The van der Waals surface area contributed by atoms with Crippen LogP contribution in [0.4, 0.5) is 0 Å². The molecule has 0 bridgehead atoms. The number of hydrogen-bond donors (Lipinski definition) is 1. The fourth-order valence-electron chi connectivity index (χ4n) is 2.54. The van der Waals surface area contributed by atoms with E-state index in [9.17, 15) is 4.79 Å². The average molecular weight is 292 g/mol. The highest BCUT2D eigenvalue weighted by Gasteiger charge is 2.24. The van der Waals surface area contributed by atoms with Crippen LogP contribution in [0.3, 0.4) is 0 Å². The first kappa shape index (κ1) is 15.8. The molecule has 0 aliphatic carbocycles. The van der Waals surface area contributed by atoms with Gasteiger partial charge in [0.2, 0.25) is 5.91 Å². The van der Waals surface area contributed by atoms with Gasteiger partial charge in [-0.25, -0.2) is 0 Å². The van der Waals surface area contributed by atoms with Crippen molar-refractivity contribution in [2.45, 2.75) is 25.0 Å². The Bertz CT molecular complexity index is 470. The first-order chi connectivity index (χ1) is 10.1. The van der Waals surface area contributed by atoms with Crippen LogP contribution < -0.4 is 10.1 Å². The van der Waals surface area contributed by atoms with Gasteiger partial charge >= 0.3 is 0 Å². The molecular formula is C16H24N2O3. The topological polar surface area (TPSA) is 50.8 Å². The summed E-state index contributed by atoms with van der Waals surface area (Å²) >= 11 is 0. The predicted molar refractivity (Wildman–Crippen MR) is 81.4 cm³/mol. The SMILES string of the molecule is COc1cccc(C(CNC(=O)C2CCCO2)N(C)C)c1. The molecule has 116 valence electrons. The molecule has 1 amide bonds. The van der Waals surface area contributed by atoms with Crippen LogP contribution in [-0.4, -0.2) is 51.3 Å². The van der Waals surface area contributed by atoms with Crippen molar-refractivity contribution in [3.8, 4) is 5.75 Å². The van der Waals surface area contributed by atoms with Gasteiger partial charge in [-0.3, -0.25) is 4.79 Å². The number of nitrogens with one attached hydrogen (secondary N) is 1. The summed E-state index contributed by atoms with van der Waals surface area (Å²) in [6.45, 7) is 1.24. The van der Waals surface area contributed by atoms with Gasteiger partial charge in [0.1, 0.15) is 11.9 Å². The van der Waals surface area contributed by atoms with Crippen molar-refractivity contribution in [2.75, 3.05) is 34.4 Å². The number of methoxy groups -OCH3 is 1. The number of nitrogens with zero attached hydrogens (tertiary/aromatic N) is 1. The lowest BCUT2D eigenvalue weighted by atomic mass is 10.1. The van der Waals surface area contributed by atoms with Crippen LogP contribution >= 0.6 is 0 Å². The van der Waals surface area contributed by atoms with Gasteiger partial charge in [-0.1, -0.05) is 12.1 Å². The van der Waals surface area contributed by atoms with E-state index in [-0.39, 0.29) is 18.1 Å². The smallest absolute Gasteiger partial charge is 0.249 e. The maximum Gasteiger partial charge on any atom is 0.249 e. The highest BCUT2D eigenvalue weighted by Crippen LogP contribution is 2.22. The molecule has 5 heteroatoms. The van der Waals surface area contributed by atoms with Gasteiger partial charge < -0.3 is 19.7 Å². The molecule has 0 spiro atoms. The van der Waals surface area contributed by atoms with Crippen LogP contribution in [0.25, 0.3) is 0 Å². The summed E-state index contributed by atoms with van der Waals surface area (Å²) in [4.78, 5) is 14.1. The van der Waals surface area contributed by atoms with E-state index in [2.05, 4.69) is 10.2 Å². The molecule has 2 rings (SSSR count). The van der Waals surface area contributed by atoms with Crippen molar-refractivity contribution in [3.63, 3.8) is 0 Å². The minimum absolute atomic E-state index is 0.0118. The van der Waals surface area contributed by atoms with E-state index in [1.54, 1.807) is 7.11 Å². The highest BCUT2D eigenvalue weighted by molar-refractivity contribution is 5.81. The summed E-state index contributed by atoms with van der Waals surface area (Å²) in [5, 5.41) is 3.00. The van der Waals surface area contributed by atoms with Crippen molar-refractivity contribution in [3.05, 3.63) is 29.8 Å². The van der Waals surface area contributed by atoms with Crippen LogP contribution in [0.1, 0.15) is 24.4 Å². The molecule has 1 N–H and O–H groups in total. The molecule has 5 nitrogen and oxygen atoms in total. The number of hydrogen-bond acceptors (Lipinski definition) is 4. The van der Waals surface area contributed by atoms with Crippen molar-refractivity contribution in [1.29, 1.82) is 0 Å². The molecule has 1 saturated heterocycles. The van der Waals surface area contributed by atoms with Crippen LogP contribution in [0.2, 0.25) is 0 Å². The zero-order valence-corrected chi connectivity index (χ0v) is 13.0. The van der Waals surface area contributed by atoms with Crippen LogP contribution in [0.15, 0.2) is 24.3 Å². The van der Waals surface area contributed by atoms with Crippen molar-refractivity contribution >= 4 is 5.91 Å². The minimum atomic E-state index is -0.280. The van der Waals surface area contributed by atoms with Crippen molar-refractivity contribution < 1.29 is 14.3 Å². The third-order valence-electron chi connectivity index (χ3n) is 3.79. The van der Waals surface area contributed by atoms with Gasteiger partial charge in [0.05, 0.1) is 13.2 Å². The van der Waals surface area contributed by atoms with E-state index in [0.717, 1.165) is 24.2 Å². The fraction of sp³-hybridized carbons (Fsp3) is 0.562. The number of benzene rings is 1. The lowest BCUT2D eigenvalue weighted by Crippen LogP contribution is -2.39. The molecular weight excluding hydrogens is 268 g/mol. The molecule has 1 heterocycles. The molecule has 0 aromatic heterocycles. The minimum Gasteiger partial charge on any atom is -0.497 e. The summed E-state index contributed by atoms with van der Waals surface area (Å²) in [5.74, 6) is 0.812. The van der Waals surface area contributed by atoms with Gasteiger partial charge in [-0.2, -0.15) is 0 Å². The summed E-state index contributed by atoms with van der Waals surface area (Å²) < 4.78 is 10.7. The second-order valence-corrected chi connectivity index (χ2v) is 5.50. The van der Waals surface area contributed by atoms with Crippen LogP contribution in [-0.2, 0) is 9.53 Å². The standard InChI is InChI=1S/C16H24N2O3/c1-18(2)14(12-6-4-7-13(10-12)20-3)11-17-16(19)15-8-5-9-21-15/h4,6-7,10,14-15H,5,8-9,11H2,1-3H3,(H,17,19). The van der Waals surface area contributed by atoms with Gasteiger partial charge in [0.15, 0.2) is 0 Å². The Morgan fingerprint density at radius 1 is 1.52 bits per heavy atom. The Labute approximate surface area is 126 Å². The average Bonchev–Trinajstić information content (AvgIpc) is 3.01. The van der Waals surface area contributed by atoms with E-state index in [0.29, 0.717) is 13.2 Å². The summed E-state index contributed by atoms with van der Waals surface area (Å²) in [6, 6.07) is 8.03. The first-order valence-corrected chi connectivity index (χ1v) is 7.31. The highest BCUT2D eigenvalue weighted by atomic mass is 16.5. The molecule has 21 heavy (non-hydrogen) atoms. The zero-order valence-electron chi connectivity index (χ0n) is 13.0. The first-order valence-electron chi connectivity index (χ1n) is 7.31. The Hall–Kier alpha value is -1.59. The molecule has 2 unspecified atom stereocenters. The van der Waals surface area contributed by atoms with Crippen molar-refractivity contribution in [1.82, 2.24) is 10.2 Å². The summed E-state index contributed by atoms with van der Waals surface area (Å²) in [5.41, 5.74) is 1.12. The molecule has 1 aromatic carbocycles. The zero-order chi connectivity index (χ0) is 15.2. The summed E-state index contributed by atoms with van der Waals surface area (Å²) in [7, 11) is 5.66. The third kappa shape index (κ3) is 4.19. The summed E-state index contributed by atoms with van der Waals surface area (Å²) in [6.07, 6.45) is 1.50. The Morgan fingerprint density at radius 3 is 2.95 bits per heavy atom. The van der Waals surface area contributed by atoms with Crippen LogP contribution in [0, 0.1) is 0 Å². The maximum atomic E-state index is 12.0. The van der Waals surface area contributed by atoms with E-state index < -0.39 is 0 Å². The predicted octanol–water partition coefficient (Wildman–Crippen LogP) is 1.59. The molecule has 0 radical (unpaired) electrons. The molecule has 2 atom stereocenters. The number of carbonyl (C=O) groups is 1. The van der Waals surface area contributed by atoms with E-state index in [1.165, 1.54) is 0 Å². The van der Waals surface area contributed by atoms with E-state index in [4.69, 9.17) is 9.47 Å².